The minimum absolute atomic E-state index is 0.302. The zero-order chi connectivity index (χ0) is 34.7. The van der Waals surface area contributed by atoms with E-state index >= 15 is 0 Å². The van der Waals surface area contributed by atoms with Gasteiger partial charge in [-0.2, -0.15) is 0 Å². The molecule has 0 fully saturated rings. The monoisotopic (exact) mass is 656 g/mol. The maximum Gasteiger partial charge on any atom is 0.343 e. The SMILES string of the molecule is C=CC(=O)OCCCCCCOc1ccc(C(=O)Oc2ccc(OC(=O)c3ccc(C(CCCCC)OC(=O)C=C)cc3)cc2C)cc1. The zero-order valence-electron chi connectivity index (χ0n) is 27.7. The number of carbonyl (C=O) groups is 4. The summed E-state index contributed by atoms with van der Waals surface area (Å²) in [6.07, 6.45) is 9.02. The highest BCUT2D eigenvalue weighted by molar-refractivity contribution is 5.92. The number of hydrogen-bond donors (Lipinski definition) is 0. The van der Waals surface area contributed by atoms with E-state index in [4.69, 9.17) is 23.7 Å². The van der Waals surface area contributed by atoms with Gasteiger partial charge in [-0.1, -0.05) is 45.1 Å². The van der Waals surface area contributed by atoms with E-state index in [1.54, 1.807) is 73.7 Å². The van der Waals surface area contributed by atoms with E-state index in [0.29, 0.717) is 53.6 Å². The number of aryl methyl sites for hydroxylation is 1. The molecule has 1 unspecified atom stereocenters. The molecule has 0 spiro atoms. The molecule has 0 aliphatic carbocycles. The van der Waals surface area contributed by atoms with E-state index in [1.807, 2.05) is 0 Å². The summed E-state index contributed by atoms with van der Waals surface area (Å²) in [5.74, 6) is -0.691. The van der Waals surface area contributed by atoms with E-state index < -0.39 is 30.0 Å². The van der Waals surface area contributed by atoms with E-state index in [0.717, 1.165) is 62.7 Å². The fourth-order valence-electron chi connectivity index (χ4n) is 4.69. The lowest BCUT2D eigenvalue weighted by Crippen LogP contribution is -2.12. The van der Waals surface area contributed by atoms with Crippen LogP contribution in [0.5, 0.6) is 17.2 Å². The van der Waals surface area contributed by atoms with E-state index in [-0.39, 0.29) is 0 Å². The molecule has 0 aromatic heterocycles. The Balaban J connectivity index is 1.47. The Morgan fingerprint density at radius 1 is 0.688 bits per heavy atom. The molecule has 0 heterocycles. The summed E-state index contributed by atoms with van der Waals surface area (Å²) in [6.45, 7) is 11.6. The lowest BCUT2D eigenvalue weighted by Gasteiger charge is -2.18. The average Bonchev–Trinajstić information content (AvgIpc) is 3.10. The summed E-state index contributed by atoms with van der Waals surface area (Å²) < 4.78 is 27.4. The molecule has 0 bridgehead atoms. The lowest BCUT2D eigenvalue weighted by molar-refractivity contribution is -0.143. The van der Waals surface area contributed by atoms with Gasteiger partial charge < -0.3 is 23.7 Å². The van der Waals surface area contributed by atoms with Crippen LogP contribution in [0.2, 0.25) is 0 Å². The molecule has 3 aromatic rings. The summed E-state index contributed by atoms with van der Waals surface area (Å²) in [6, 6.07) is 18.3. The Kier molecular flexibility index (Phi) is 15.6. The van der Waals surface area contributed by atoms with Crippen LogP contribution >= 0.6 is 0 Å². The van der Waals surface area contributed by atoms with Gasteiger partial charge in [-0.05, 0) is 111 Å². The van der Waals surface area contributed by atoms with E-state index in [9.17, 15) is 19.2 Å². The van der Waals surface area contributed by atoms with Crippen molar-refractivity contribution in [2.45, 2.75) is 71.3 Å². The van der Waals surface area contributed by atoms with Crippen molar-refractivity contribution in [3.8, 4) is 17.2 Å². The molecule has 1 atom stereocenters. The smallest absolute Gasteiger partial charge is 0.343 e. The molecular weight excluding hydrogens is 612 g/mol. The molecule has 3 rings (SSSR count). The van der Waals surface area contributed by atoms with Crippen LogP contribution < -0.4 is 14.2 Å². The Morgan fingerprint density at radius 3 is 1.92 bits per heavy atom. The minimum Gasteiger partial charge on any atom is -0.494 e. The van der Waals surface area contributed by atoms with Gasteiger partial charge in [-0.15, -0.1) is 0 Å². The van der Waals surface area contributed by atoms with Gasteiger partial charge in [-0.25, -0.2) is 19.2 Å². The Labute approximate surface area is 282 Å². The van der Waals surface area contributed by atoms with Gasteiger partial charge >= 0.3 is 23.9 Å². The van der Waals surface area contributed by atoms with Crippen LogP contribution in [0.4, 0.5) is 0 Å². The van der Waals surface area contributed by atoms with Crippen molar-refractivity contribution in [2.24, 2.45) is 0 Å². The number of esters is 4. The van der Waals surface area contributed by atoms with E-state index in [1.165, 1.54) is 0 Å². The highest BCUT2D eigenvalue weighted by Gasteiger charge is 2.18. The Morgan fingerprint density at radius 2 is 1.29 bits per heavy atom. The standard InChI is InChI=1S/C39H44O9/c1-5-8-11-14-35(47-37(41)7-3)29-15-17-30(18-16-29)38(42)46-33-23-24-34(28(4)27-33)48-39(43)31-19-21-32(22-20-31)44-25-12-9-10-13-26-45-36(40)6-2/h6-7,15-24,27,35H,2-3,5,8-14,25-26H2,1,4H3. The maximum atomic E-state index is 12.8. The number of carbonyl (C=O) groups excluding carboxylic acids is 4. The van der Waals surface area contributed by atoms with Crippen molar-refractivity contribution >= 4 is 23.9 Å². The van der Waals surface area contributed by atoms with Crippen molar-refractivity contribution in [2.75, 3.05) is 13.2 Å². The van der Waals surface area contributed by atoms with Gasteiger partial charge in [-0.3, -0.25) is 0 Å². The lowest BCUT2D eigenvalue weighted by atomic mass is 10.0. The van der Waals surface area contributed by atoms with Crippen LogP contribution in [-0.4, -0.2) is 37.1 Å². The summed E-state index contributed by atoms with van der Waals surface area (Å²) in [4.78, 5) is 48.5. The number of ether oxygens (including phenoxy) is 5. The zero-order valence-corrected chi connectivity index (χ0v) is 27.7. The molecule has 0 N–H and O–H groups in total. The minimum atomic E-state index is -0.551. The van der Waals surface area contributed by atoms with Crippen LogP contribution in [0.25, 0.3) is 0 Å². The molecule has 0 aliphatic heterocycles. The molecule has 9 nitrogen and oxygen atoms in total. The first-order valence-electron chi connectivity index (χ1n) is 16.2. The van der Waals surface area contributed by atoms with Gasteiger partial charge in [0, 0.05) is 12.2 Å². The van der Waals surface area contributed by atoms with Crippen molar-refractivity contribution in [3.05, 3.63) is 114 Å². The van der Waals surface area contributed by atoms with Crippen LogP contribution in [0.1, 0.15) is 96.2 Å². The second kappa shape index (κ2) is 20.1. The molecule has 254 valence electrons. The van der Waals surface area contributed by atoms with Crippen molar-refractivity contribution in [3.63, 3.8) is 0 Å². The second-order valence-corrected chi connectivity index (χ2v) is 11.1. The van der Waals surface area contributed by atoms with Gasteiger partial charge in [0.2, 0.25) is 0 Å². The van der Waals surface area contributed by atoms with Gasteiger partial charge in [0.1, 0.15) is 23.4 Å². The topological polar surface area (TPSA) is 114 Å². The van der Waals surface area contributed by atoms with Gasteiger partial charge in [0.25, 0.3) is 0 Å². The van der Waals surface area contributed by atoms with Crippen molar-refractivity contribution < 1.29 is 42.9 Å². The first kappa shape index (κ1) is 37.3. The summed E-state index contributed by atoms with van der Waals surface area (Å²) >= 11 is 0. The summed E-state index contributed by atoms with van der Waals surface area (Å²) in [5, 5.41) is 0. The number of unbranched alkanes of at least 4 members (excludes halogenated alkanes) is 5. The highest BCUT2D eigenvalue weighted by atomic mass is 16.5. The Hall–Kier alpha value is -5.18. The quantitative estimate of drug-likeness (QED) is 0.0511. The molecule has 3 aromatic carbocycles. The van der Waals surface area contributed by atoms with Crippen molar-refractivity contribution in [1.82, 2.24) is 0 Å². The number of rotatable bonds is 20. The third kappa shape index (κ3) is 12.5. The van der Waals surface area contributed by atoms with E-state index in [2.05, 4.69) is 20.1 Å². The number of hydrogen-bond acceptors (Lipinski definition) is 9. The molecule has 0 amide bonds. The fraction of sp³-hybridized carbons (Fsp3) is 0.333. The van der Waals surface area contributed by atoms with Crippen LogP contribution in [-0.2, 0) is 19.1 Å². The first-order valence-corrected chi connectivity index (χ1v) is 16.2. The molecule has 0 aliphatic rings. The largest absolute Gasteiger partial charge is 0.494 e. The molecule has 0 radical (unpaired) electrons. The maximum absolute atomic E-state index is 12.8. The molecule has 0 saturated carbocycles. The molecule has 9 heteroatoms. The normalized spacial score (nSPS) is 11.1. The van der Waals surface area contributed by atoms with Crippen LogP contribution in [0.3, 0.4) is 0 Å². The molecular formula is C39H44O9. The summed E-state index contributed by atoms with van der Waals surface area (Å²) in [5.41, 5.74) is 2.10. The summed E-state index contributed by atoms with van der Waals surface area (Å²) in [7, 11) is 0. The Bertz CT molecular complexity index is 1520. The number of benzene rings is 3. The molecule has 0 saturated heterocycles. The third-order valence-electron chi connectivity index (χ3n) is 7.38. The van der Waals surface area contributed by atoms with Crippen LogP contribution in [0, 0.1) is 6.92 Å². The molecule has 48 heavy (non-hydrogen) atoms. The fourth-order valence-corrected chi connectivity index (χ4v) is 4.69. The average molecular weight is 657 g/mol. The third-order valence-corrected chi connectivity index (χ3v) is 7.38. The van der Waals surface area contributed by atoms with Crippen LogP contribution in [0.15, 0.2) is 92.0 Å². The second-order valence-electron chi connectivity index (χ2n) is 11.1. The first-order chi connectivity index (χ1) is 23.2. The predicted molar refractivity (Wildman–Crippen MR) is 182 cm³/mol. The van der Waals surface area contributed by atoms with Gasteiger partial charge in [0.15, 0.2) is 0 Å². The highest BCUT2D eigenvalue weighted by Crippen LogP contribution is 2.27. The van der Waals surface area contributed by atoms with Gasteiger partial charge in [0.05, 0.1) is 24.3 Å². The van der Waals surface area contributed by atoms with Crippen molar-refractivity contribution in [1.29, 1.82) is 0 Å². The predicted octanol–water partition coefficient (Wildman–Crippen LogP) is 8.45.